The van der Waals surface area contributed by atoms with E-state index in [4.69, 9.17) is 14.7 Å². The number of carbonyl (C=O) groups excluding carboxylic acids is 2. The van der Waals surface area contributed by atoms with Crippen molar-refractivity contribution in [2.75, 3.05) is 18.1 Å². The van der Waals surface area contributed by atoms with Crippen molar-refractivity contribution in [1.82, 2.24) is 4.90 Å². The fraction of sp³-hybridized carbons (Fsp3) is 0.526. The van der Waals surface area contributed by atoms with E-state index in [0.29, 0.717) is 24.3 Å². The Morgan fingerprint density at radius 3 is 2.39 bits per heavy atom. The van der Waals surface area contributed by atoms with Gasteiger partial charge in [-0.05, 0) is 51.5 Å². The van der Waals surface area contributed by atoms with Crippen LogP contribution in [-0.2, 0) is 24.2 Å². The summed E-state index contributed by atoms with van der Waals surface area (Å²) in [6.45, 7) is 5.05. The van der Waals surface area contributed by atoms with Gasteiger partial charge in [0.15, 0.2) is 22.0 Å². The third-order valence-electron chi connectivity index (χ3n) is 4.54. The predicted octanol–water partition coefficient (Wildman–Crippen LogP) is 1.29. The number of carbonyl (C=O) groups is 2. The van der Waals surface area contributed by atoms with Gasteiger partial charge in [0.25, 0.3) is 5.91 Å². The van der Waals surface area contributed by atoms with Crippen LogP contribution < -0.4 is 4.74 Å². The third kappa shape index (κ3) is 5.45. The first-order chi connectivity index (χ1) is 13.2. The van der Waals surface area contributed by atoms with Crippen molar-refractivity contribution in [3.63, 3.8) is 0 Å². The lowest BCUT2D eigenvalue weighted by molar-refractivity contribution is -0.165. The summed E-state index contributed by atoms with van der Waals surface area (Å²) in [6, 6.07) is 7.85. The van der Waals surface area contributed by atoms with Crippen LogP contribution in [0, 0.1) is 11.3 Å². The Balaban J connectivity index is 1.93. The first-order valence-corrected chi connectivity index (χ1v) is 10.9. The molecule has 1 aromatic rings. The molecule has 152 valence electrons. The molecule has 0 N–H and O–H groups in total. The second kappa shape index (κ2) is 9.06. The summed E-state index contributed by atoms with van der Waals surface area (Å²) in [5, 5.41) is 8.79. The number of rotatable bonds is 7. The van der Waals surface area contributed by atoms with Crippen LogP contribution in [0.1, 0.15) is 32.8 Å². The first-order valence-electron chi connectivity index (χ1n) is 9.05. The zero-order valence-electron chi connectivity index (χ0n) is 16.1. The van der Waals surface area contributed by atoms with E-state index < -0.39 is 40.0 Å². The number of nitriles is 1. The summed E-state index contributed by atoms with van der Waals surface area (Å²) in [6.07, 6.45) is -1.62. The van der Waals surface area contributed by atoms with Gasteiger partial charge in [-0.15, -0.1) is 0 Å². The van der Waals surface area contributed by atoms with E-state index in [1.807, 2.05) is 6.07 Å². The predicted molar refractivity (Wildman–Crippen MR) is 101 cm³/mol. The minimum atomic E-state index is -3.13. The second-order valence-electron chi connectivity index (χ2n) is 6.66. The molecule has 1 aliphatic heterocycles. The smallest absolute Gasteiger partial charge is 0.347 e. The molecule has 0 aromatic heterocycles. The Labute approximate surface area is 164 Å². The van der Waals surface area contributed by atoms with Crippen LogP contribution in [0.25, 0.3) is 0 Å². The third-order valence-corrected chi connectivity index (χ3v) is 6.29. The number of esters is 1. The van der Waals surface area contributed by atoms with Crippen LogP contribution in [0.15, 0.2) is 24.3 Å². The first kappa shape index (κ1) is 21.7. The molecule has 0 unspecified atom stereocenters. The fourth-order valence-corrected chi connectivity index (χ4v) is 4.76. The van der Waals surface area contributed by atoms with E-state index in [2.05, 4.69) is 0 Å². The van der Waals surface area contributed by atoms with Crippen LogP contribution in [0.5, 0.6) is 5.75 Å². The normalized spacial score (nSPS) is 19.9. The quantitative estimate of drug-likeness (QED) is 0.625. The van der Waals surface area contributed by atoms with Gasteiger partial charge in [0.05, 0.1) is 23.1 Å². The van der Waals surface area contributed by atoms with Crippen molar-refractivity contribution >= 4 is 21.7 Å². The lowest BCUT2D eigenvalue weighted by atomic mass is 10.2. The summed E-state index contributed by atoms with van der Waals surface area (Å²) < 4.78 is 34.1. The van der Waals surface area contributed by atoms with E-state index in [-0.39, 0.29) is 11.5 Å². The van der Waals surface area contributed by atoms with E-state index in [1.165, 1.54) is 18.7 Å². The Bertz CT molecular complexity index is 859. The van der Waals surface area contributed by atoms with Gasteiger partial charge in [-0.2, -0.15) is 5.26 Å². The molecule has 0 bridgehead atoms. The van der Waals surface area contributed by atoms with Crippen LogP contribution in [0.3, 0.4) is 0 Å². The highest BCUT2D eigenvalue weighted by molar-refractivity contribution is 7.91. The molecule has 8 nitrogen and oxygen atoms in total. The van der Waals surface area contributed by atoms with Gasteiger partial charge in [0, 0.05) is 12.6 Å². The van der Waals surface area contributed by atoms with Gasteiger partial charge in [-0.3, -0.25) is 4.79 Å². The van der Waals surface area contributed by atoms with Crippen molar-refractivity contribution in [3.05, 3.63) is 29.8 Å². The molecule has 1 aromatic carbocycles. The van der Waals surface area contributed by atoms with Gasteiger partial charge in [0.1, 0.15) is 5.75 Å². The molecule has 0 radical (unpaired) electrons. The van der Waals surface area contributed by atoms with Crippen LogP contribution >= 0.6 is 0 Å². The van der Waals surface area contributed by atoms with Crippen molar-refractivity contribution in [2.45, 2.75) is 45.4 Å². The molecule has 28 heavy (non-hydrogen) atoms. The number of hydrogen-bond donors (Lipinski definition) is 0. The maximum atomic E-state index is 12.6. The molecule has 0 aliphatic carbocycles. The Kier molecular flexibility index (Phi) is 7.02. The Morgan fingerprint density at radius 1 is 1.25 bits per heavy atom. The maximum Gasteiger partial charge on any atom is 0.347 e. The van der Waals surface area contributed by atoms with Crippen LogP contribution in [-0.4, -0.2) is 61.5 Å². The monoisotopic (exact) mass is 408 g/mol. The summed E-state index contributed by atoms with van der Waals surface area (Å²) in [4.78, 5) is 26.3. The van der Waals surface area contributed by atoms with Gasteiger partial charge < -0.3 is 14.4 Å². The fourth-order valence-electron chi connectivity index (χ4n) is 3.03. The number of benzene rings is 1. The Morgan fingerprint density at radius 2 is 1.89 bits per heavy atom. The van der Waals surface area contributed by atoms with E-state index in [1.54, 1.807) is 31.2 Å². The van der Waals surface area contributed by atoms with Crippen LogP contribution in [0.4, 0.5) is 0 Å². The number of nitrogens with zero attached hydrogens (tertiary/aromatic N) is 2. The maximum absolute atomic E-state index is 12.6. The molecule has 1 heterocycles. The molecular weight excluding hydrogens is 384 g/mol. The van der Waals surface area contributed by atoms with Crippen molar-refractivity contribution in [1.29, 1.82) is 5.26 Å². The number of sulfone groups is 1. The molecule has 2 rings (SSSR count). The molecule has 0 saturated carbocycles. The zero-order chi connectivity index (χ0) is 20.9. The van der Waals surface area contributed by atoms with Gasteiger partial charge in [-0.25, -0.2) is 13.2 Å². The molecule has 3 atom stereocenters. The van der Waals surface area contributed by atoms with E-state index >= 15 is 0 Å². The lowest BCUT2D eigenvalue weighted by Crippen LogP contribution is -2.47. The molecule has 1 fully saturated rings. The van der Waals surface area contributed by atoms with Crippen molar-refractivity contribution < 1.29 is 27.5 Å². The lowest BCUT2D eigenvalue weighted by Gasteiger charge is -2.29. The zero-order valence-corrected chi connectivity index (χ0v) is 16.9. The standard InChI is InChI=1S/C19H24N2O6S/c1-4-21(16-9-10-28(24,25)12-16)18(22)13(2)27-19(23)14(3)26-17-7-5-15(11-20)6-8-17/h5-8,13-14,16H,4,9-10,12H2,1-3H3/t13-,14-,16-/m0/s1. The SMILES string of the molecule is CCN(C(=O)[C@H](C)OC(=O)[C@H](C)Oc1ccc(C#N)cc1)[C@H]1CCS(=O)(=O)C1. The molecule has 9 heteroatoms. The minimum absolute atomic E-state index is 0.0606. The molecular formula is C19H24N2O6S. The molecule has 1 aliphatic rings. The van der Waals surface area contributed by atoms with E-state index in [0.717, 1.165) is 0 Å². The summed E-state index contributed by atoms with van der Waals surface area (Å²) in [5.41, 5.74) is 0.468. The number of likely N-dealkylation sites (N-methyl/N-ethyl adjacent to an activating group) is 1. The summed E-state index contributed by atoms with van der Waals surface area (Å²) >= 11 is 0. The average molecular weight is 408 g/mol. The van der Waals surface area contributed by atoms with Crippen molar-refractivity contribution in [3.8, 4) is 11.8 Å². The highest BCUT2D eigenvalue weighted by Gasteiger charge is 2.36. The van der Waals surface area contributed by atoms with Crippen LogP contribution in [0.2, 0.25) is 0 Å². The van der Waals surface area contributed by atoms with Gasteiger partial charge >= 0.3 is 5.97 Å². The Hall–Kier alpha value is -2.60. The second-order valence-corrected chi connectivity index (χ2v) is 8.89. The largest absolute Gasteiger partial charge is 0.479 e. The average Bonchev–Trinajstić information content (AvgIpc) is 3.02. The molecule has 0 spiro atoms. The van der Waals surface area contributed by atoms with Gasteiger partial charge in [-0.1, -0.05) is 0 Å². The molecule has 1 amide bonds. The number of ether oxygens (including phenoxy) is 2. The van der Waals surface area contributed by atoms with Gasteiger partial charge in [0.2, 0.25) is 0 Å². The summed E-state index contributed by atoms with van der Waals surface area (Å²) in [5.74, 6) is -0.742. The van der Waals surface area contributed by atoms with E-state index in [9.17, 15) is 18.0 Å². The topological polar surface area (TPSA) is 114 Å². The highest BCUT2D eigenvalue weighted by Crippen LogP contribution is 2.19. The minimum Gasteiger partial charge on any atom is -0.479 e. The number of amides is 1. The number of hydrogen-bond acceptors (Lipinski definition) is 7. The summed E-state index contributed by atoms with van der Waals surface area (Å²) in [7, 11) is -3.13. The molecule has 1 saturated heterocycles. The highest BCUT2D eigenvalue weighted by atomic mass is 32.2. The van der Waals surface area contributed by atoms with Crippen molar-refractivity contribution in [2.24, 2.45) is 0 Å².